The average Bonchev–Trinajstić information content (AvgIpc) is 3.07. The van der Waals surface area contributed by atoms with Crippen molar-refractivity contribution in [2.45, 2.75) is 56.0 Å². The second kappa shape index (κ2) is 10.3. The van der Waals surface area contributed by atoms with E-state index in [1.807, 2.05) is 16.7 Å². The summed E-state index contributed by atoms with van der Waals surface area (Å²) in [5.74, 6) is 0.366. The number of sulfone groups is 1. The van der Waals surface area contributed by atoms with Crippen LogP contribution in [-0.4, -0.2) is 63.2 Å². The summed E-state index contributed by atoms with van der Waals surface area (Å²) < 4.78 is 32.7. The van der Waals surface area contributed by atoms with Gasteiger partial charge in [-0.05, 0) is 50.8 Å². The van der Waals surface area contributed by atoms with Gasteiger partial charge in [-0.2, -0.15) is 0 Å². The molecule has 2 aromatic heterocycles. The Labute approximate surface area is 202 Å². The number of nitrogens with zero attached hydrogens (tertiary/aromatic N) is 4. The highest BCUT2D eigenvalue weighted by molar-refractivity contribution is 7.91. The van der Waals surface area contributed by atoms with Gasteiger partial charge in [0.15, 0.2) is 5.03 Å². The van der Waals surface area contributed by atoms with Crippen molar-refractivity contribution in [1.29, 1.82) is 0 Å². The number of anilines is 2. The fourth-order valence-corrected chi connectivity index (χ4v) is 6.11. The molecule has 34 heavy (non-hydrogen) atoms. The zero-order valence-corrected chi connectivity index (χ0v) is 21.4. The van der Waals surface area contributed by atoms with Gasteiger partial charge >= 0.3 is 0 Å². The number of pyridine rings is 2. The van der Waals surface area contributed by atoms with E-state index in [0.29, 0.717) is 43.8 Å². The Morgan fingerprint density at radius 2 is 2.03 bits per heavy atom. The van der Waals surface area contributed by atoms with E-state index in [-0.39, 0.29) is 21.0 Å². The summed E-state index contributed by atoms with van der Waals surface area (Å²) in [5.41, 5.74) is 5.35. The van der Waals surface area contributed by atoms with Crippen LogP contribution in [0.15, 0.2) is 40.4 Å². The predicted molar refractivity (Wildman–Crippen MR) is 132 cm³/mol. The number of aromatic nitrogens is 2. The molecule has 186 valence electrons. The number of hydrogen-bond donors (Lipinski definition) is 1. The van der Waals surface area contributed by atoms with E-state index in [0.717, 1.165) is 12.8 Å². The molecule has 2 aromatic rings. The summed E-state index contributed by atoms with van der Waals surface area (Å²) in [4.78, 5) is 25.2. The third kappa shape index (κ3) is 5.17. The molecule has 0 aliphatic carbocycles. The molecule has 1 aliphatic heterocycles. The second-order valence-corrected chi connectivity index (χ2v) is 11.3. The van der Waals surface area contributed by atoms with Crippen LogP contribution >= 0.6 is 0 Å². The molecule has 3 rings (SSSR count). The Kier molecular flexibility index (Phi) is 7.82. The van der Waals surface area contributed by atoms with Crippen LogP contribution in [0.1, 0.15) is 50.9 Å². The number of hydrogen-bond acceptors (Lipinski definition) is 8. The number of methoxy groups -OCH3 is 1. The minimum Gasteiger partial charge on any atom is -0.383 e. The van der Waals surface area contributed by atoms with Crippen LogP contribution in [0.3, 0.4) is 0 Å². The van der Waals surface area contributed by atoms with Crippen LogP contribution in [0.2, 0.25) is 0 Å². The number of rotatable bonds is 10. The largest absolute Gasteiger partial charge is 0.383 e. The van der Waals surface area contributed by atoms with E-state index in [4.69, 9.17) is 10.5 Å². The molecule has 3 heterocycles. The molecule has 1 atom stereocenters. The zero-order valence-electron chi connectivity index (χ0n) is 20.6. The summed E-state index contributed by atoms with van der Waals surface area (Å²) in [7, 11) is -2.53. The third-order valence-electron chi connectivity index (χ3n) is 6.12. The molecular weight excluding hydrogens is 454 g/mol. The number of primary amides is 1. The summed E-state index contributed by atoms with van der Waals surface area (Å²) in [6.07, 6.45) is 3.17. The maximum Gasteiger partial charge on any atom is 0.253 e. The number of nitrogens with two attached hydrogens (primary N) is 1. The Bertz CT molecular complexity index is 1140. The monoisotopic (exact) mass is 489 g/mol. The highest BCUT2D eigenvalue weighted by Gasteiger charge is 2.40. The molecule has 10 heteroatoms. The van der Waals surface area contributed by atoms with E-state index in [1.165, 1.54) is 18.3 Å². The van der Waals surface area contributed by atoms with Crippen LogP contribution in [0, 0.1) is 5.92 Å². The van der Waals surface area contributed by atoms with E-state index >= 15 is 0 Å². The van der Waals surface area contributed by atoms with E-state index in [9.17, 15) is 13.2 Å². The van der Waals surface area contributed by atoms with Crippen LogP contribution in [0.25, 0.3) is 0 Å². The van der Waals surface area contributed by atoms with Crippen molar-refractivity contribution in [1.82, 2.24) is 9.97 Å². The summed E-state index contributed by atoms with van der Waals surface area (Å²) in [6.45, 7) is 10.7. The van der Waals surface area contributed by atoms with Gasteiger partial charge in [-0.1, -0.05) is 19.9 Å². The Balaban J connectivity index is 2.11. The number of carbonyl (C=O) groups excluding carboxylic acids is 1. The van der Waals surface area contributed by atoms with Crippen molar-refractivity contribution < 1.29 is 17.9 Å². The number of amides is 1. The lowest BCUT2D eigenvalue weighted by atomic mass is 9.97. The van der Waals surface area contributed by atoms with Crippen molar-refractivity contribution in [2.24, 2.45) is 11.7 Å². The molecule has 0 radical (unpaired) electrons. The quantitative estimate of drug-likeness (QED) is 0.541. The van der Waals surface area contributed by atoms with Gasteiger partial charge in [-0.3, -0.25) is 4.79 Å². The summed E-state index contributed by atoms with van der Waals surface area (Å²) >= 11 is 0. The van der Waals surface area contributed by atoms with E-state index in [2.05, 4.69) is 30.7 Å². The predicted octanol–water partition coefficient (Wildman–Crippen LogP) is 2.90. The van der Waals surface area contributed by atoms with Gasteiger partial charge in [0.05, 0.1) is 11.5 Å². The second-order valence-electron chi connectivity index (χ2n) is 9.42. The van der Waals surface area contributed by atoms with Gasteiger partial charge in [0.1, 0.15) is 17.2 Å². The third-order valence-corrected chi connectivity index (χ3v) is 7.82. The fourth-order valence-electron chi connectivity index (χ4n) is 4.71. The number of ether oxygens (including phenoxy) is 1. The van der Waals surface area contributed by atoms with Gasteiger partial charge in [0.25, 0.3) is 5.91 Å². The lowest BCUT2D eigenvalue weighted by Gasteiger charge is -2.33. The van der Waals surface area contributed by atoms with E-state index < -0.39 is 15.7 Å². The molecular formula is C24H35N5O4S. The standard InChI is InChI=1S/C24H35N5O4S/c1-6-12-28(13-14-33-5)19-8-7-9-20(27-19)34(31,32)18-10-11-26-23(21(18)22(25)30)29-16-17(2)15-24(29,3)4/h7-11,17H,6,12-16H2,1-5H3,(H2,25,30). The molecule has 2 N–H and O–H groups in total. The van der Waals surface area contributed by atoms with Crippen LogP contribution in [0.4, 0.5) is 11.6 Å². The van der Waals surface area contributed by atoms with Crippen molar-refractivity contribution >= 4 is 27.4 Å². The zero-order chi connectivity index (χ0) is 25.1. The molecule has 1 fully saturated rings. The molecule has 1 unspecified atom stereocenters. The average molecular weight is 490 g/mol. The molecule has 0 bridgehead atoms. The maximum absolute atomic E-state index is 13.7. The van der Waals surface area contributed by atoms with Crippen LogP contribution in [-0.2, 0) is 14.6 Å². The van der Waals surface area contributed by atoms with Crippen molar-refractivity contribution in [3.05, 3.63) is 36.0 Å². The Morgan fingerprint density at radius 3 is 2.62 bits per heavy atom. The van der Waals surface area contributed by atoms with Gasteiger partial charge in [0, 0.05) is 38.5 Å². The maximum atomic E-state index is 13.7. The van der Waals surface area contributed by atoms with E-state index in [1.54, 1.807) is 19.2 Å². The highest BCUT2D eigenvalue weighted by atomic mass is 32.2. The van der Waals surface area contributed by atoms with Crippen LogP contribution in [0.5, 0.6) is 0 Å². The van der Waals surface area contributed by atoms with Crippen LogP contribution < -0.4 is 15.5 Å². The molecule has 0 aromatic carbocycles. The van der Waals surface area contributed by atoms with Gasteiger partial charge in [-0.15, -0.1) is 0 Å². The lowest BCUT2D eigenvalue weighted by Crippen LogP contribution is -2.40. The van der Waals surface area contributed by atoms with Gasteiger partial charge in [-0.25, -0.2) is 18.4 Å². The van der Waals surface area contributed by atoms with Crippen molar-refractivity contribution in [3.63, 3.8) is 0 Å². The van der Waals surface area contributed by atoms with Crippen molar-refractivity contribution in [3.8, 4) is 0 Å². The smallest absolute Gasteiger partial charge is 0.253 e. The first-order valence-electron chi connectivity index (χ1n) is 11.6. The Morgan fingerprint density at radius 1 is 1.29 bits per heavy atom. The normalized spacial score (nSPS) is 17.7. The first-order chi connectivity index (χ1) is 16.0. The first-order valence-corrected chi connectivity index (χ1v) is 13.0. The molecule has 1 amide bonds. The van der Waals surface area contributed by atoms with Crippen molar-refractivity contribution in [2.75, 3.05) is 43.2 Å². The Hall–Kier alpha value is -2.72. The first kappa shape index (κ1) is 25.9. The summed E-state index contributed by atoms with van der Waals surface area (Å²) in [5, 5.41) is -0.141. The van der Waals surface area contributed by atoms with Gasteiger partial charge < -0.3 is 20.3 Å². The van der Waals surface area contributed by atoms with Gasteiger partial charge in [0.2, 0.25) is 9.84 Å². The highest BCUT2D eigenvalue weighted by Crippen LogP contribution is 2.39. The summed E-state index contributed by atoms with van der Waals surface area (Å²) in [6, 6.07) is 6.19. The number of carbonyl (C=O) groups is 1. The fraction of sp³-hybridized carbons (Fsp3) is 0.542. The molecule has 0 spiro atoms. The SMILES string of the molecule is CCCN(CCOC)c1cccc(S(=O)(=O)c2ccnc(N3CC(C)CC3(C)C)c2C(N)=O)n1. The minimum absolute atomic E-state index is 0.0957. The molecule has 1 aliphatic rings. The molecule has 1 saturated heterocycles. The topological polar surface area (TPSA) is 119 Å². The molecule has 9 nitrogen and oxygen atoms in total. The molecule has 0 saturated carbocycles. The lowest BCUT2D eigenvalue weighted by molar-refractivity contribution is 0.0997. The minimum atomic E-state index is -4.15.